The van der Waals surface area contributed by atoms with E-state index in [-0.39, 0.29) is 41.6 Å². The first-order valence-electron chi connectivity index (χ1n) is 19.2. The quantitative estimate of drug-likeness (QED) is 0.0999. The molecule has 0 bridgehead atoms. The zero-order valence-corrected chi connectivity index (χ0v) is 33.6. The summed E-state index contributed by atoms with van der Waals surface area (Å²) in [5.41, 5.74) is 2.70. The van der Waals surface area contributed by atoms with Gasteiger partial charge in [0.2, 0.25) is 11.8 Å². The standard InChI is InChI=1S/C45H57ClN2O4S/c1-30(2)24-39(47-43(51)35(19-16-32-12-8-6-9-13-32)28-38(53)27-34-17-20-37(46)21-18-34)41(49)29-36(26-33-14-10-7-11-15-33)44(52)48-40(25-31(3)4)42(50)45(5)22-23-45/h6-15,17-18,20-21,30-31,35-36,39-40H,16,19,22-29H2,1-5H3,(H,47,51)(H,48,52)/t35-,36-,39?,40?/m1/s1. The smallest absolute Gasteiger partial charge is 0.224 e. The molecule has 4 rings (SSSR count). The molecule has 3 aromatic carbocycles. The van der Waals surface area contributed by atoms with Crippen LogP contribution in [0, 0.1) is 29.1 Å². The van der Waals surface area contributed by atoms with E-state index in [0.29, 0.717) is 50.0 Å². The fraction of sp³-hybridized carbons (Fsp3) is 0.489. The van der Waals surface area contributed by atoms with Crippen LogP contribution in [0.2, 0.25) is 5.02 Å². The summed E-state index contributed by atoms with van der Waals surface area (Å²) in [6.45, 7) is 10.1. The van der Waals surface area contributed by atoms with E-state index in [4.69, 9.17) is 23.8 Å². The van der Waals surface area contributed by atoms with Crippen molar-refractivity contribution < 1.29 is 19.2 Å². The molecule has 0 spiro atoms. The zero-order valence-electron chi connectivity index (χ0n) is 32.0. The number of thiocarbonyl (C=S) groups is 1. The lowest BCUT2D eigenvalue weighted by Gasteiger charge is -2.27. The topological polar surface area (TPSA) is 92.3 Å². The normalized spacial score (nSPS) is 15.6. The summed E-state index contributed by atoms with van der Waals surface area (Å²) < 4.78 is 0. The summed E-state index contributed by atoms with van der Waals surface area (Å²) in [5, 5.41) is 6.87. The lowest BCUT2D eigenvalue weighted by atomic mass is 9.87. The molecule has 0 aromatic heterocycles. The molecule has 1 aliphatic rings. The van der Waals surface area contributed by atoms with Crippen molar-refractivity contribution in [2.75, 3.05) is 0 Å². The predicted molar refractivity (Wildman–Crippen MR) is 219 cm³/mol. The summed E-state index contributed by atoms with van der Waals surface area (Å²) in [5.74, 6) is -1.43. The number of amides is 2. The van der Waals surface area contributed by atoms with Gasteiger partial charge < -0.3 is 10.6 Å². The SMILES string of the molecule is CC(C)CC(NC(=O)[C@H](CCc1ccccc1)CC(=S)Cc1ccc(Cl)cc1)C(=O)C[C@@H](Cc1ccccc1)C(=O)NC(CC(C)C)C(=O)C1(C)CC1. The van der Waals surface area contributed by atoms with Crippen molar-refractivity contribution in [2.24, 2.45) is 29.1 Å². The van der Waals surface area contributed by atoms with Crippen molar-refractivity contribution in [3.05, 3.63) is 107 Å². The van der Waals surface area contributed by atoms with Crippen LogP contribution in [0.25, 0.3) is 0 Å². The van der Waals surface area contributed by atoms with E-state index in [1.807, 2.05) is 120 Å². The molecular formula is C45H57ClN2O4S. The maximum atomic E-state index is 14.3. The number of hydrogen-bond acceptors (Lipinski definition) is 5. The lowest BCUT2D eigenvalue weighted by molar-refractivity contribution is -0.135. The van der Waals surface area contributed by atoms with Crippen LogP contribution in [0.5, 0.6) is 0 Å². The fourth-order valence-electron chi connectivity index (χ4n) is 6.91. The Balaban J connectivity index is 1.53. The van der Waals surface area contributed by atoms with Crippen molar-refractivity contribution in [1.82, 2.24) is 10.6 Å². The molecule has 0 heterocycles. The van der Waals surface area contributed by atoms with Gasteiger partial charge >= 0.3 is 0 Å². The summed E-state index contributed by atoms with van der Waals surface area (Å²) in [4.78, 5) is 56.8. The van der Waals surface area contributed by atoms with Crippen LogP contribution in [-0.2, 0) is 38.4 Å². The van der Waals surface area contributed by atoms with Gasteiger partial charge in [-0.2, -0.15) is 0 Å². The fourth-order valence-corrected chi connectivity index (χ4v) is 7.40. The van der Waals surface area contributed by atoms with E-state index in [9.17, 15) is 19.2 Å². The maximum absolute atomic E-state index is 14.3. The molecule has 4 atom stereocenters. The minimum Gasteiger partial charge on any atom is -0.346 e. The number of rotatable bonds is 22. The van der Waals surface area contributed by atoms with Crippen LogP contribution in [0.15, 0.2) is 84.9 Å². The summed E-state index contributed by atoms with van der Waals surface area (Å²) >= 11 is 11.9. The van der Waals surface area contributed by atoms with E-state index < -0.39 is 29.3 Å². The summed E-state index contributed by atoms with van der Waals surface area (Å²) in [7, 11) is 0. The van der Waals surface area contributed by atoms with Gasteiger partial charge in [-0.25, -0.2) is 0 Å². The molecular weight excluding hydrogens is 700 g/mol. The highest BCUT2D eigenvalue weighted by atomic mass is 35.5. The molecule has 1 aliphatic carbocycles. The second-order valence-corrected chi connectivity index (χ2v) is 17.1. The number of aryl methyl sites for hydroxylation is 1. The highest BCUT2D eigenvalue weighted by Crippen LogP contribution is 2.47. The summed E-state index contributed by atoms with van der Waals surface area (Å²) in [6.07, 6.45) is 5.16. The number of nitrogens with one attached hydrogen (secondary N) is 2. The number of carbonyl (C=O) groups is 4. The molecule has 0 aliphatic heterocycles. The monoisotopic (exact) mass is 756 g/mol. The second-order valence-electron chi connectivity index (χ2n) is 16.1. The molecule has 0 radical (unpaired) electrons. The first-order chi connectivity index (χ1) is 25.2. The molecule has 53 heavy (non-hydrogen) atoms. The number of ketones is 2. The Labute approximate surface area is 327 Å². The molecule has 2 unspecified atom stereocenters. The molecule has 1 saturated carbocycles. The van der Waals surface area contributed by atoms with Crippen molar-refractivity contribution in [2.45, 2.75) is 111 Å². The average Bonchev–Trinajstić information content (AvgIpc) is 3.88. The van der Waals surface area contributed by atoms with E-state index in [2.05, 4.69) is 10.6 Å². The van der Waals surface area contributed by atoms with Crippen LogP contribution in [0.3, 0.4) is 0 Å². The Hall–Kier alpha value is -3.68. The Morgan fingerprint density at radius 3 is 1.79 bits per heavy atom. The third kappa shape index (κ3) is 13.9. The third-order valence-electron chi connectivity index (χ3n) is 10.3. The minimum atomic E-state index is -0.767. The molecule has 2 N–H and O–H groups in total. The predicted octanol–water partition coefficient (Wildman–Crippen LogP) is 9.14. The van der Waals surface area contributed by atoms with Gasteiger partial charge in [0.15, 0.2) is 11.6 Å². The Morgan fingerprint density at radius 2 is 1.23 bits per heavy atom. The Morgan fingerprint density at radius 1 is 0.698 bits per heavy atom. The van der Waals surface area contributed by atoms with E-state index >= 15 is 0 Å². The first kappa shape index (κ1) is 42.1. The van der Waals surface area contributed by atoms with Crippen LogP contribution in [0.4, 0.5) is 0 Å². The van der Waals surface area contributed by atoms with Gasteiger partial charge in [0.1, 0.15) is 0 Å². The number of Topliss-reactive ketones (excluding diaryl/α,β-unsaturated/α-hetero) is 2. The highest BCUT2D eigenvalue weighted by molar-refractivity contribution is 7.80. The first-order valence-corrected chi connectivity index (χ1v) is 20.0. The number of hydrogen-bond donors (Lipinski definition) is 2. The van der Waals surface area contributed by atoms with Crippen LogP contribution >= 0.6 is 23.8 Å². The van der Waals surface area contributed by atoms with Crippen LogP contribution in [0.1, 0.15) is 96.3 Å². The zero-order chi connectivity index (χ0) is 38.5. The maximum Gasteiger partial charge on any atom is 0.224 e. The average molecular weight is 757 g/mol. The summed E-state index contributed by atoms with van der Waals surface area (Å²) in [6, 6.07) is 25.9. The largest absolute Gasteiger partial charge is 0.346 e. The van der Waals surface area contributed by atoms with Gasteiger partial charge in [0, 0.05) is 35.1 Å². The van der Waals surface area contributed by atoms with E-state index in [1.54, 1.807) is 0 Å². The molecule has 2 amide bonds. The lowest BCUT2D eigenvalue weighted by Crippen LogP contribution is -2.49. The van der Waals surface area contributed by atoms with Crippen molar-refractivity contribution in [3.8, 4) is 0 Å². The van der Waals surface area contributed by atoms with Crippen molar-refractivity contribution >= 4 is 52.1 Å². The molecule has 1 fully saturated rings. The number of benzene rings is 3. The molecule has 284 valence electrons. The molecule has 6 nitrogen and oxygen atoms in total. The molecule has 3 aromatic rings. The van der Waals surface area contributed by atoms with Gasteiger partial charge in [-0.3, -0.25) is 19.2 Å². The van der Waals surface area contributed by atoms with E-state index in [1.165, 1.54) is 0 Å². The Kier molecular flexibility index (Phi) is 16.0. The van der Waals surface area contributed by atoms with Crippen molar-refractivity contribution in [1.29, 1.82) is 0 Å². The van der Waals surface area contributed by atoms with Crippen molar-refractivity contribution in [3.63, 3.8) is 0 Å². The van der Waals surface area contributed by atoms with Crippen LogP contribution in [-0.4, -0.2) is 40.3 Å². The minimum absolute atomic E-state index is 0.0537. The van der Waals surface area contributed by atoms with Gasteiger partial charge in [0.05, 0.1) is 12.1 Å². The van der Waals surface area contributed by atoms with Gasteiger partial charge in [-0.05, 0) is 96.9 Å². The molecule has 8 heteroatoms. The second kappa shape index (κ2) is 20.1. The number of halogens is 1. The highest BCUT2D eigenvalue weighted by Gasteiger charge is 2.48. The van der Waals surface area contributed by atoms with Gasteiger partial charge in [-0.15, -0.1) is 0 Å². The van der Waals surface area contributed by atoms with E-state index in [0.717, 1.165) is 34.4 Å². The third-order valence-corrected chi connectivity index (χ3v) is 10.8. The Bertz CT molecular complexity index is 1670. The molecule has 0 saturated heterocycles. The number of carbonyl (C=O) groups excluding carboxylic acids is 4. The van der Waals surface area contributed by atoms with Crippen LogP contribution < -0.4 is 10.6 Å². The van der Waals surface area contributed by atoms with Gasteiger partial charge in [-0.1, -0.05) is 131 Å². The van der Waals surface area contributed by atoms with Gasteiger partial charge in [0.25, 0.3) is 0 Å².